The van der Waals surface area contributed by atoms with E-state index < -0.39 is 0 Å². The molecule has 0 atom stereocenters. The largest absolute Gasteiger partial charge is 0.490 e. The number of morpholine rings is 1. The molecule has 1 saturated heterocycles. The second-order valence-electron chi connectivity index (χ2n) is 4.50. The van der Waals surface area contributed by atoms with E-state index in [4.69, 9.17) is 9.47 Å². The molecule has 1 aliphatic rings. The van der Waals surface area contributed by atoms with E-state index in [1.54, 1.807) is 0 Å². The average Bonchev–Trinajstić information content (AvgIpc) is 2.89. The number of hydrogen-bond donors (Lipinski definition) is 1. The van der Waals surface area contributed by atoms with Gasteiger partial charge in [0, 0.05) is 31.2 Å². The lowest BCUT2D eigenvalue weighted by atomic mass is 10.2. The number of rotatable bonds is 4. The number of aromatic nitrogens is 1. The van der Waals surface area contributed by atoms with Crippen LogP contribution in [0.2, 0.25) is 0 Å². The van der Waals surface area contributed by atoms with Gasteiger partial charge in [-0.1, -0.05) is 12.1 Å². The van der Waals surface area contributed by atoms with Gasteiger partial charge in [0.25, 0.3) is 0 Å². The summed E-state index contributed by atoms with van der Waals surface area (Å²) in [6.07, 6.45) is 1.94. The van der Waals surface area contributed by atoms with Gasteiger partial charge < -0.3 is 14.5 Å². The molecular weight excluding hydrogens is 228 g/mol. The number of hydrogen-bond acceptors (Lipinski definition) is 3. The molecule has 1 aliphatic heterocycles. The number of aromatic amines is 1. The van der Waals surface area contributed by atoms with Crippen LogP contribution in [0.1, 0.15) is 0 Å². The summed E-state index contributed by atoms with van der Waals surface area (Å²) in [4.78, 5) is 5.59. The third-order valence-corrected chi connectivity index (χ3v) is 3.32. The van der Waals surface area contributed by atoms with E-state index in [1.807, 2.05) is 18.3 Å². The average molecular weight is 246 g/mol. The van der Waals surface area contributed by atoms with E-state index in [-0.39, 0.29) is 0 Å². The highest BCUT2D eigenvalue weighted by atomic mass is 16.5. The van der Waals surface area contributed by atoms with E-state index in [0.29, 0.717) is 0 Å². The Hall–Kier alpha value is -1.52. The molecule has 1 N–H and O–H groups in total. The van der Waals surface area contributed by atoms with Gasteiger partial charge >= 0.3 is 0 Å². The Morgan fingerprint density at radius 1 is 1.22 bits per heavy atom. The molecule has 18 heavy (non-hydrogen) atoms. The molecule has 0 radical (unpaired) electrons. The maximum Gasteiger partial charge on any atom is 0.143 e. The molecule has 0 spiro atoms. The van der Waals surface area contributed by atoms with Crippen molar-refractivity contribution in [3.05, 3.63) is 30.5 Å². The Labute approximate surface area is 106 Å². The van der Waals surface area contributed by atoms with Gasteiger partial charge in [0.1, 0.15) is 12.4 Å². The smallest absolute Gasteiger partial charge is 0.143 e. The minimum absolute atomic E-state index is 0.720. The molecule has 3 rings (SSSR count). The number of fused-ring (bicyclic) bond motifs is 1. The monoisotopic (exact) mass is 246 g/mol. The van der Waals surface area contributed by atoms with Crippen LogP contribution in [-0.4, -0.2) is 49.3 Å². The second-order valence-corrected chi connectivity index (χ2v) is 4.50. The van der Waals surface area contributed by atoms with Gasteiger partial charge in [-0.3, -0.25) is 4.90 Å². The Morgan fingerprint density at radius 2 is 2.11 bits per heavy atom. The SMILES string of the molecule is c1cc(OCCN2CCOCC2)c2[nH]ccc2c1. The van der Waals surface area contributed by atoms with Gasteiger partial charge in [-0.15, -0.1) is 0 Å². The number of para-hydroxylation sites is 1. The molecule has 0 aliphatic carbocycles. The lowest BCUT2D eigenvalue weighted by molar-refractivity contribution is 0.0323. The fraction of sp³-hybridized carbons (Fsp3) is 0.429. The zero-order valence-electron chi connectivity index (χ0n) is 10.4. The molecule has 0 saturated carbocycles. The molecule has 1 aromatic heterocycles. The molecule has 96 valence electrons. The van der Waals surface area contributed by atoms with E-state index in [2.05, 4.69) is 22.0 Å². The first kappa shape index (κ1) is 11.6. The molecule has 1 aromatic carbocycles. The van der Waals surface area contributed by atoms with Crippen LogP contribution in [0, 0.1) is 0 Å². The summed E-state index contributed by atoms with van der Waals surface area (Å²) in [6.45, 7) is 5.38. The standard InChI is InChI=1S/C14H18N2O2/c1-2-12-4-5-15-14(12)13(3-1)18-11-8-16-6-9-17-10-7-16/h1-5,15H,6-11H2. The van der Waals surface area contributed by atoms with Crippen molar-refractivity contribution >= 4 is 10.9 Å². The van der Waals surface area contributed by atoms with Crippen molar-refractivity contribution in [1.29, 1.82) is 0 Å². The van der Waals surface area contributed by atoms with Crippen LogP contribution >= 0.6 is 0 Å². The summed E-state index contributed by atoms with van der Waals surface area (Å²) in [5, 5.41) is 1.19. The van der Waals surface area contributed by atoms with Gasteiger partial charge in [0.15, 0.2) is 0 Å². The van der Waals surface area contributed by atoms with Crippen molar-refractivity contribution in [1.82, 2.24) is 9.88 Å². The lowest BCUT2D eigenvalue weighted by Gasteiger charge is -2.26. The van der Waals surface area contributed by atoms with Gasteiger partial charge in [-0.05, 0) is 12.1 Å². The first-order chi connectivity index (χ1) is 8.93. The zero-order chi connectivity index (χ0) is 12.2. The zero-order valence-corrected chi connectivity index (χ0v) is 10.4. The summed E-state index contributed by atoms with van der Waals surface area (Å²) < 4.78 is 11.2. The van der Waals surface area contributed by atoms with E-state index in [1.165, 1.54) is 5.39 Å². The van der Waals surface area contributed by atoms with E-state index in [0.717, 1.165) is 50.7 Å². The minimum Gasteiger partial charge on any atom is -0.490 e. The van der Waals surface area contributed by atoms with Crippen LogP contribution in [-0.2, 0) is 4.74 Å². The van der Waals surface area contributed by atoms with E-state index >= 15 is 0 Å². The molecule has 2 aromatic rings. The van der Waals surface area contributed by atoms with Crippen LogP contribution in [0.25, 0.3) is 10.9 Å². The van der Waals surface area contributed by atoms with Crippen molar-refractivity contribution in [3.8, 4) is 5.75 Å². The van der Waals surface area contributed by atoms with Crippen LogP contribution in [0.3, 0.4) is 0 Å². The number of H-pyrrole nitrogens is 1. The van der Waals surface area contributed by atoms with Crippen LogP contribution in [0.5, 0.6) is 5.75 Å². The van der Waals surface area contributed by atoms with Crippen LogP contribution in [0.4, 0.5) is 0 Å². The Bertz CT molecular complexity index is 503. The van der Waals surface area contributed by atoms with Crippen molar-refractivity contribution in [2.75, 3.05) is 39.5 Å². The highest BCUT2D eigenvalue weighted by Gasteiger charge is 2.10. The third-order valence-electron chi connectivity index (χ3n) is 3.32. The maximum atomic E-state index is 5.87. The highest BCUT2D eigenvalue weighted by Crippen LogP contribution is 2.23. The minimum atomic E-state index is 0.720. The fourth-order valence-electron chi connectivity index (χ4n) is 2.29. The first-order valence-corrected chi connectivity index (χ1v) is 6.42. The Morgan fingerprint density at radius 3 is 3.00 bits per heavy atom. The number of nitrogens with zero attached hydrogens (tertiary/aromatic N) is 1. The lowest BCUT2D eigenvalue weighted by Crippen LogP contribution is -2.38. The van der Waals surface area contributed by atoms with Crippen molar-refractivity contribution in [2.45, 2.75) is 0 Å². The number of nitrogens with one attached hydrogen (secondary N) is 1. The molecule has 0 unspecified atom stereocenters. The van der Waals surface area contributed by atoms with Crippen molar-refractivity contribution in [3.63, 3.8) is 0 Å². The first-order valence-electron chi connectivity index (χ1n) is 6.42. The van der Waals surface area contributed by atoms with Gasteiger partial charge in [-0.2, -0.15) is 0 Å². The summed E-state index contributed by atoms with van der Waals surface area (Å²) in [5.74, 6) is 0.936. The molecule has 4 heteroatoms. The topological polar surface area (TPSA) is 37.5 Å². The predicted octanol–water partition coefficient (Wildman–Crippen LogP) is 1.88. The quantitative estimate of drug-likeness (QED) is 0.895. The van der Waals surface area contributed by atoms with E-state index in [9.17, 15) is 0 Å². The van der Waals surface area contributed by atoms with Crippen LogP contribution < -0.4 is 4.74 Å². The van der Waals surface area contributed by atoms with Gasteiger partial charge in [0.05, 0.1) is 18.7 Å². The molecule has 0 bridgehead atoms. The second kappa shape index (κ2) is 5.42. The normalized spacial score (nSPS) is 17.1. The predicted molar refractivity (Wildman–Crippen MR) is 71.1 cm³/mol. The third kappa shape index (κ3) is 2.49. The van der Waals surface area contributed by atoms with Gasteiger partial charge in [0.2, 0.25) is 0 Å². The molecular formula is C14H18N2O2. The summed E-state index contributed by atoms with van der Waals surface area (Å²) in [7, 11) is 0. The Kier molecular flexibility index (Phi) is 3.48. The molecule has 0 amide bonds. The van der Waals surface area contributed by atoms with Crippen molar-refractivity contribution in [2.24, 2.45) is 0 Å². The van der Waals surface area contributed by atoms with Crippen LogP contribution in [0.15, 0.2) is 30.5 Å². The van der Waals surface area contributed by atoms with Crippen molar-refractivity contribution < 1.29 is 9.47 Å². The molecule has 2 heterocycles. The molecule has 1 fully saturated rings. The number of ether oxygens (including phenoxy) is 2. The highest BCUT2D eigenvalue weighted by molar-refractivity contribution is 5.85. The summed E-state index contributed by atoms with van der Waals surface area (Å²) in [5.41, 5.74) is 1.08. The summed E-state index contributed by atoms with van der Waals surface area (Å²) in [6, 6.07) is 8.18. The van der Waals surface area contributed by atoms with Gasteiger partial charge in [-0.25, -0.2) is 0 Å². The Balaban J connectivity index is 1.57. The molecule has 4 nitrogen and oxygen atoms in total. The maximum absolute atomic E-state index is 5.87. The summed E-state index contributed by atoms with van der Waals surface area (Å²) >= 11 is 0. The number of benzene rings is 1. The fourth-order valence-corrected chi connectivity index (χ4v) is 2.29.